The normalized spacial score (nSPS) is 33.0. The quantitative estimate of drug-likeness (QED) is 0.635. The summed E-state index contributed by atoms with van der Waals surface area (Å²) < 4.78 is 0. The molecule has 1 rings (SSSR count). The molecule has 10 heavy (non-hydrogen) atoms. The zero-order valence-electron chi connectivity index (χ0n) is 7.24. The van der Waals surface area contributed by atoms with Crippen molar-refractivity contribution >= 4 is 0 Å². The summed E-state index contributed by atoms with van der Waals surface area (Å²) in [7, 11) is 0. The minimum Gasteiger partial charge on any atom is -0.316 e. The molecular weight excluding hydrogens is 122 g/mol. The highest BCUT2D eigenvalue weighted by Gasteiger charge is 2.30. The van der Waals surface area contributed by atoms with Crippen molar-refractivity contribution in [2.24, 2.45) is 5.41 Å². The van der Waals surface area contributed by atoms with E-state index in [1.807, 2.05) is 0 Å². The molecule has 1 unspecified atom stereocenters. The fourth-order valence-corrected chi connectivity index (χ4v) is 2.02. The summed E-state index contributed by atoms with van der Waals surface area (Å²) in [6.45, 7) is 7.11. The lowest BCUT2D eigenvalue weighted by Crippen LogP contribution is -2.22. The molecule has 0 aromatic rings. The molecule has 1 fully saturated rings. The zero-order chi connectivity index (χ0) is 7.45. The summed E-state index contributed by atoms with van der Waals surface area (Å²) in [6.07, 6.45) is 5.51. The first-order chi connectivity index (χ1) is 4.83. The van der Waals surface area contributed by atoms with Crippen LogP contribution in [0.5, 0.6) is 0 Å². The zero-order valence-corrected chi connectivity index (χ0v) is 7.24. The highest BCUT2D eigenvalue weighted by molar-refractivity contribution is 4.85. The molecule has 1 heterocycles. The SMILES string of the molecule is CCCC1(CC)CCNC1. The van der Waals surface area contributed by atoms with Gasteiger partial charge in [-0.15, -0.1) is 0 Å². The van der Waals surface area contributed by atoms with Crippen LogP contribution in [0.4, 0.5) is 0 Å². The van der Waals surface area contributed by atoms with Gasteiger partial charge in [-0.3, -0.25) is 0 Å². The van der Waals surface area contributed by atoms with Gasteiger partial charge in [0.1, 0.15) is 0 Å². The second-order valence-electron chi connectivity index (χ2n) is 3.53. The van der Waals surface area contributed by atoms with Crippen molar-refractivity contribution in [1.82, 2.24) is 5.32 Å². The van der Waals surface area contributed by atoms with Gasteiger partial charge in [0.05, 0.1) is 0 Å². The molecule has 0 saturated carbocycles. The van der Waals surface area contributed by atoms with Crippen molar-refractivity contribution in [2.75, 3.05) is 13.1 Å². The van der Waals surface area contributed by atoms with Crippen LogP contribution in [0.25, 0.3) is 0 Å². The van der Waals surface area contributed by atoms with E-state index in [2.05, 4.69) is 19.2 Å². The Hall–Kier alpha value is -0.0400. The first-order valence-electron chi connectivity index (χ1n) is 4.54. The van der Waals surface area contributed by atoms with Crippen molar-refractivity contribution in [1.29, 1.82) is 0 Å². The Balaban J connectivity index is 2.41. The molecule has 0 radical (unpaired) electrons. The first kappa shape index (κ1) is 8.06. The van der Waals surface area contributed by atoms with Crippen LogP contribution in [-0.4, -0.2) is 13.1 Å². The minimum atomic E-state index is 0.675. The molecule has 1 saturated heterocycles. The van der Waals surface area contributed by atoms with Crippen LogP contribution in [0.15, 0.2) is 0 Å². The molecule has 0 bridgehead atoms. The van der Waals surface area contributed by atoms with E-state index in [1.54, 1.807) is 0 Å². The van der Waals surface area contributed by atoms with Crippen LogP contribution in [-0.2, 0) is 0 Å². The van der Waals surface area contributed by atoms with Crippen molar-refractivity contribution in [3.8, 4) is 0 Å². The van der Waals surface area contributed by atoms with Gasteiger partial charge in [-0.25, -0.2) is 0 Å². The van der Waals surface area contributed by atoms with E-state index >= 15 is 0 Å². The van der Waals surface area contributed by atoms with Crippen LogP contribution in [0.1, 0.15) is 39.5 Å². The van der Waals surface area contributed by atoms with E-state index in [-0.39, 0.29) is 0 Å². The van der Waals surface area contributed by atoms with E-state index in [0.29, 0.717) is 5.41 Å². The van der Waals surface area contributed by atoms with Crippen molar-refractivity contribution < 1.29 is 0 Å². The summed E-state index contributed by atoms with van der Waals surface area (Å²) in [5.41, 5.74) is 0.675. The van der Waals surface area contributed by atoms with Gasteiger partial charge in [-0.2, -0.15) is 0 Å². The molecule has 60 valence electrons. The summed E-state index contributed by atoms with van der Waals surface area (Å²) in [5, 5.41) is 3.45. The Morgan fingerprint density at radius 3 is 2.60 bits per heavy atom. The lowest BCUT2D eigenvalue weighted by atomic mass is 9.80. The molecule has 1 N–H and O–H groups in total. The largest absolute Gasteiger partial charge is 0.316 e. The lowest BCUT2D eigenvalue weighted by molar-refractivity contribution is 0.281. The van der Waals surface area contributed by atoms with Crippen LogP contribution < -0.4 is 5.32 Å². The molecule has 1 nitrogen and oxygen atoms in total. The molecule has 1 aliphatic heterocycles. The molecular formula is C9H19N. The average Bonchev–Trinajstić information content (AvgIpc) is 2.39. The third kappa shape index (κ3) is 1.51. The Morgan fingerprint density at radius 2 is 2.20 bits per heavy atom. The predicted molar refractivity (Wildman–Crippen MR) is 45.1 cm³/mol. The van der Waals surface area contributed by atoms with Gasteiger partial charge in [0.25, 0.3) is 0 Å². The van der Waals surface area contributed by atoms with Crippen LogP contribution in [0.3, 0.4) is 0 Å². The predicted octanol–water partition coefficient (Wildman–Crippen LogP) is 2.18. The molecule has 1 aliphatic rings. The van der Waals surface area contributed by atoms with E-state index in [1.165, 1.54) is 38.8 Å². The van der Waals surface area contributed by atoms with Crippen LogP contribution in [0.2, 0.25) is 0 Å². The second-order valence-corrected chi connectivity index (χ2v) is 3.53. The monoisotopic (exact) mass is 141 g/mol. The highest BCUT2D eigenvalue weighted by Crippen LogP contribution is 2.33. The molecule has 0 aromatic carbocycles. The van der Waals surface area contributed by atoms with E-state index < -0.39 is 0 Å². The molecule has 0 spiro atoms. The summed E-state index contributed by atoms with van der Waals surface area (Å²) in [4.78, 5) is 0. The Bertz CT molecular complexity index is 92.9. The minimum absolute atomic E-state index is 0.675. The van der Waals surface area contributed by atoms with Gasteiger partial charge in [0.2, 0.25) is 0 Å². The number of nitrogens with one attached hydrogen (secondary N) is 1. The third-order valence-corrected chi connectivity index (χ3v) is 2.86. The third-order valence-electron chi connectivity index (χ3n) is 2.86. The van der Waals surface area contributed by atoms with Gasteiger partial charge in [-0.1, -0.05) is 20.3 Å². The van der Waals surface area contributed by atoms with Gasteiger partial charge < -0.3 is 5.32 Å². The van der Waals surface area contributed by atoms with Gasteiger partial charge in [0.15, 0.2) is 0 Å². The van der Waals surface area contributed by atoms with Crippen molar-refractivity contribution in [3.63, 3.8) is 0 Å². The second kappa shape index (κ2) is 3.38. The Kier molecular flexibility index (Phi) is 2.72. The Labute approximate surface area is 64.2 Å². The molecule has 1 atom stereocenters. The van der Waals surface area contributed by atoms with E-state index in [0.717, 1.165) is 0 Å². The maximum Gasteiger partial charge on any atom is 0.000818 e. The Morgan fingerprint density at radius 1 is 1.40 bits per heavy atom. The maximum absolute atomic E-state index is 3.45. The highest BCUT2D eigenvalue weighted by atomic mass is 14.9. The van der Waals surface area contributed by atoms with Crippen molar-refractivity contribution in [2.45, 2.75) is 39.5 Å². The summed E-state index contributed by atoms with van der Waals surface area (Å²) in [5.74, 6) is 0. The first-order valence-corrected chi connectivity index (χ1v) is 4.54. The topological polar surface area (TPSA) is 12.0 Å². The van der Waals surface area contributed by atoms with Gasteiger partial charge >= 0.3 is 0 Å². The summed E-state index contributed by atoms with van der Waals surface area (Å²) >= 11 is 0. The molecule has 0 aromatic heterocycles. The lowest BCUT2D eigenvalue weighted by Gasteiger charge is -2.25. The summed E-state index contributed by atoms with van der Waals surface area (Å²) in [6, 6.07) is 0. The molecule has 0 aliphatic carbocycles. The number of hydrogen-bond acceptors (Lipinski definition) is 1. The smallest absolute Gasteiger partial charge is 0.000818 e. The fraction of sp³-hybridized carbons (Fsp3) is 1.00. The average molecular weight is 141 g/mol. The number of hydrogen-bond donors (Lipinski definition) is 1. The maximum atomic E-state index is 3.45. The fourth-order valence-electron chi connectivity index (χ4n) is 2.02. The van der Waals surface area contributed by atoms with Gasteiger partial charge in [0, 0.05) is 6.54 Å². The van der Waals surface area contributed by atoms with Gasteiger partial charge in [-0.05, 0) is 31.2 Å². The van der Waals surface area contributed by atoms with Crippen LogP contribution >= 0.6 is 0 Å². The number of rotatable bonds is 3. The van der Waals surface area contributed by atoms with Crippen LogP contribution in [0, 0.1) is 5.41 Å². The van der Waals surface area contributed by atoms with E-state index in [9.17, 15) is 0 Å². The standard InChI is InChI=1S/C9H19N/c1-3-5-9(4-2)6-7-10-8-9/h10H,3-8H2,1-2H3. The molecule has 0 amide bonds. The van der Waals surface area contributed by atoms with Crippen molar-refractivity contribution in [3.05, 3.63) is 0 Å². The van der Waals surface area contributed by atoms with E-state index in [4.69, 9.17) is 0 Å². The molecule has 1 heteroatoms.